The van der Waals surface area contributed by atoms with E-state index in [9.17, 15) is 9.59 Å². The average molecular weight is 535 g/mol. The highest BCUT2D eigenvalue weighted by atomic mass is 16.5. The van der Waals surface area contributed by atoms with Crippen molar-refractivity contribution in [3.8, 4) is 22.9 Å². The van der Waals surface area contributed by atoms with E-state index in [0.29, 0.717) is 30.3 Å². The molecule has 0 amide bonds. The predicted octanol–water partition coefficient (Wildman–Crippen LogP) is 3.44. The standard InChI is InChI=1S/C28H34N6O5/c1-6-32(7-2)13-14-39-21-11-9-19(10-12-21)30-27-29-18-24-25(31-27)33(8-3)28(36)34(26(24)35)20-15-22(37-4)17-23(16-20)38-5/h9-12,15-18H,6-8,13-14H2,1-5H3,(H,29,30,31). The number of aromatic nitrogens is 4. The lowest BCUT2D eigenvalue weighted by molar-refractivity contribution is 0.223. The van der Waals surface area contributed by atoms with E-state index in [1.54, 1.807) is 18.2 Å². The molecule has 0 aliphatic carbocycles. The summed E-state index contributed by atoms with van der Waals surface area (Å²) in [5.74, 6) is 1.94. The van der Waals surface area contributed by atoms with Crippen LogP contribution in [0.4, 0.5) is 11.6 Å². The van der Waals surface area contributed by atoms with Crippen LogP contribution in [0.3, 0.4) is 0 Å². The first-order chi connectivity index (χ1) is 18.9. The SMILES string of the molecule is CCN(CC)CCOc1ccc(Nc2ncc3c(=O)n(-c4cc(OC)cc(OC)c4)c(=O)n(CC)c3n2)cc1. The Hall–Kier alpha value is -4.38. The maximum atomic E-state index is 13.5. The summed E-state index contributed by atoms with van der Waals surface area (Å²) in [5.41, 5.74) is 0.251. The molecule has 0 radical (unpaired) electrons. The first-order valence-corrected chi connectivity index (χ1v) is 12.9. The molecule has 2 aromatic carbocycles. The second kappa shape index (κ2) is 12.4. The van der Waals surface area contributed by atoms with Crippen molar-refractivity contribution >= 4 is 22.7 Å². The molecule has 4 aromatic rings. The minimum atomic E-state index is -0.534. The molecular formula is C28H34N6O5. The molecule has 11 heteroatoms. The van der Waals surface area contributed by atoms with Crippen LogP contribution in [0.25, 0.3) is 16.7 Å². The van der Waals surface area contributed by atoms with E-state index < -0.39 is 11.2 Å². The molecule has 1 N–H and O–H groups in total. The topological polar surface area (TPSA) is 113 Å². The number of fused-ring (bicyclic) bond motifs is 1. The molecule has 206 valence electrons. The van der Waals surface area contributed by atoms with Gasteiger partial charge in [0.1, 0.15) is 29.2 Å². The fourth-order valence-corrected chi connectivity index (χ4v) is 4.24. The third-order valence-electron chi connectivity index (χ3n) is 6.47. The Morgan fingerprint density at radius 3 is 2.18 bits per heavy atom. The van der Waals surface area contributed by atoms with Gasteiger partial charge in [-0.2, -0.15) is 4.98 Å². The molecule has 4 rings (SSSR count). The maximum absolute atomic E-state index is 13.5. The normalized spacial score (nSPS) is 11.1. The number of ether oxygens (including phenoxy) is 3. The molecule has 0 atom stereocenters. The second-order valence-electron chi connectivity index (χ2n) is 8.69. The minimum absolute atomic E-state index is 0.209. The summed E-state index contributed by atoms with van der Waals surface area (Å²) < 4.78 is 19.0. The number of rotatable bonds is 12. The zero-order valence-corrected chi connectivity index (χ0v) is 22.9. The van der Waals surface area contributed by atoms with Crippen LogP contribution in [0.1, 0.15) is 20.8 Å². The fourth-order valence-electron chi connectivity index (χ4n) is 4.24. The molecular weight excluding hydrogens is 500 g/mol. The van der Waals surface area contributed by atoms with Gasteiger partial charge < -0.3 is 24.4 Å². The van der Waals surface area contributed by atoms with Gasteiger partial charge >= 0.3 is 5.69 Å². The third-order valence-corrected chi connectivity index (χ3v) is 6.47. The number of nitrogens with one attached hydrogen (secondary N) is 1. The van der Waals surface area contributed by atoms with Crippen LogP contribution in [0.15, 0.2) is 58.3 Å². The van der Waals surface area contributed by atoms with Crippen LogP contribution < -0.4 is 30.8 Å². The van der Waals surface area contributed by atoms with Crippen molar-refractivity contribution < 1.29 is 14.2 Å². The number of likely N-dealkylation sites (N-methyl/N-ethyl adjacent to an activating group) is 1. The van der Waals surface area contributed by atoms with Crippen molar-refractivity contribution in [1.82, 2.24) is 24.0 Å². The molecule has 39 heavy (non-hydrogen) atoms. The van der Waals surface area contributed by atoms with Crippen molar-refractivity contribution in [3.05, 3.63) is 69.5 Å². The number of anilines is 2. The molecule has 0 saturated heterocycles. The summed E-state index contributed by atoms with van der Waals surface area (Å²) in [5, 5.41) is 3.35. The fraction of sp³-hybridized carbons (Fsp3) is 0.357. The van der Waals surface area contributed by atoms with Gasteiger partial charge in [0.2, 0.25) is 5.95 Å². The van der Waals surface area contributed by atoms with Crippen LogP contribution in [0, 0.1) is 0 Å². The number of methoxy groups -OCH3 is 2. The van der Waals surface area contributed by atoms with Crippen molar-refractivity contribution in [1.29, 1.82) is 0 Å². The van der Waals surface area contributed by atoms with Crippen LogP contribution in [0.5, 0.6) is 17.2 Å². The smallest absolute Gasteiger partial charge is 0.337 e. The lowest BCUT2D eigenvalue weighted by Crippen LogP contribution is -2.39. The number of benzene rings is 2. The lowest BCUT2D eigenvalue weighted by Gasteiger charge is -2.18. The highest BCUT2D eigenvalue weighted by Crippen LogP contribution is 2.24. The summed E-state index contributed by atoms with van der Waals surface area (Å²) >= 11 is 0. The van der Waals surface area contributed by atoms with Gasteiger partial charge in [-0.05, 0) is 44.3 Å². The predicted molar refractivity (Wildman–Crippen MR) is 151 cm³/mol. The average Bonchev–Trinajstić information content (AvgIpc) is 2.96. The number of hydrogen-bond donors (Lipinski definition) is 1. The quantitative estimate of drug-likeness (QED) is 0.292. The van der Waals surface area contributed by atoms with Crippen LogP contribution >= 0.6 is 0 Å². The Kier molecular flexibility index (Phi) is 8.82. The molecule has 2 heterocycles. The van der Waals surface area contributed by atoms with Crippen LogP contribution in [-0.4, -0.2) is 64.5 Å². The molecule has 0 spiro atoms. The molecule has 0 aliphatic heterocycles. The zero-order valence-electron chi connectivity index (χ0n) is 22.9. The van der Waals surface area contributed by atoms with Crippen molar-refractivity contribution in [2.24, 2.45) is 0 Å². The highest BCUT2D eigenvalue weighted by Gasteiger charge is 2.17. The molecule has 11 nitrogen and oxygen atoms in total. The van der Waals surface area contributed by atoms with Gasteiger partial charge in [-0.3, -0.25) is 9.36 Å². The third kappa shape index (κ3) is 6.04. The van der Waals surface area contributed by atoms with Crippen molar-refractivity contribution in [3.63, 3.8) is 0 Å². The largest absolute Gasteiger partial charge is 0.497 e. The number of aryl methyl sites for hydroxylation is 1. The molecule has 0 bridgehead atoms. The Morgan fingerprint density at radius 1 is 0.923 bits per heavy atom. The summed E-state index contributed by atoms with van der Waals surface area (Å²) in [7, 11) is 3.00. The van der Waals surface area contributed by atoms with E-state index in [1.807, 2.05) is 31.2 Å². The molecule has 0 saturated carbocycles. The van der Waals surface area contributed by atoms with E-state index in [2.05, 4.69) is 34.0 Å². The van der Waals surface area contributed by atoms with E-state index in [-0.39, 0.29) is 17.0 Å². The van der Waals surface area contributed by atoms with Crippen LogP contribution in [0.2, 0.25) is 0 Å². The maximum Gasteiger partial charge on any atom is 0.337 e. The van der Waals surface area contributed by atoms with Gasteiger partial charge in [-0.15, -0.1) is 0 Å². The summed E-state index contributed by atoms with van der Waals surface area (Å²) in [4.78, 5) is 38.1. The van der Waals surface area contributed by atoms with Gasteiger partial charge in [-0.25, -0.2) is 14.3 Å². The van der Waals surface area contributed by atoms with Crippen molar-refractivity contribution in [2.45, 2.75) is 27.3 Å². The summed E-state index contributed by atoms with van der Waals surface area (Å²) in [6, 6.07) is 12.3. The Balaban J connectivity index is 1.63. The molecule has 0 aliphatic rings. The highest BCUT2D eigenvalue weighted by molar-refractivity contribution is 5.75. The summed E-state index contributed by atoms with van der Waals surface area (Å²) in [6.45, 7) is 9.83. The first kappa shape index (κ1) is 27.6. The van der Waals surface area contributed by atoms with Crippen molar-refractivity contribution in [2.75, 3.05) is 45.8 Å². The van der Waals surface area contributed by atoms with Gasteiger partial charge in [0.15, 0.2) is 5.65 Å². The van der Waals surface area contributed by atoms with Gasteiger partial charge in [0.25, 0.3) is 5.56 Å². The first-order valence-electron chi connectivity index (χ1n) is 12.9. The Labute approximate surface area is 226 Å². The second-order valence-corrected chi connectivity index (χ2v) is 8.69. The number of hydrogen-bond acceptors (Lipinski definition) is 9. The van der Waals surface area contributed by atoms with E-state index in [4.69, 9.17) is 14.2 Å². The van der Waals surface area contributed by atoms with E-state index in [1.165, 1.54) is 25.0 Å². The zero-order chi connectivity index (χ0) is 27.9. The Morgan fingerprint density at radius 2 is 1.59 bits per heavy atom. The minimum Gasteiger partial charge on any atom is -0.497 e. The Bertz CT molecular complexity index is 1520. The molecule has 0 fully saturated rings. The monoisotopic (exact) mass is 534 g/mol. The van der Waals surface area contributed by atoms with Gasteiger partial charge in [0.05, 0.1) is 19.9 Å². The van der Waals surface area contributed by atoms with Gasteiger partial charge in [0, 0.05) is 43.2 Å². The molecule has 2 aromatic heterocycles. The lowest BCUT2D eigenvalue weighted by atomic mass is 10.2. The van der Waals surface area contributed by atoms with Crippen LogP contribution in [-0.2, 0) is 6.54 Å². The number of nitrogens with zero attached hydrogens (tertiary/aromatic N) is 5. The molecule has 0 unspecified atom stereocenters. The van der Waals surface area contributed by atoms with E-state index in [0.717, 1.165) is 35.6 Å². The van der Waals surface area contributed by atoms with Gasteiger partial charge in [-0.1, -0.05) is 13.8 Å². The summed E-state index contributed by atoms with van der Waals surface area (Å²) in [6.07, 6.45) is 1.43. The van der Waals surface area contributed by atoms with E-state index >= 15 is 0 Å².